The molecule has 7 heteroatoms. The Morgan fingerprint density at radius 3 is 2.77 bits per heavy atom. The van der Waals surface area contributed by atoms with Gasteiger partial charge in [-0.2, -0.15) is 5.10 Å². The summed E-state index contributed by atoms with van der Waals surface area (Å²) in [5.74, 6) is 0.573. The summed E-state index contributed by atoms with van der Waals surface area (Å²) >= 11 is 0. The maximum atomic E-state index is 12.6. The maximum Gasteiger partial charge on any atom is 0.274 e. The van der Waals surface area contributed by atoms with Crippen molar-refractivity contribution < 1.29 is 4.79 Å². The van der Waals surface area contributed by atoms with E-state index in [2.05, 4.69) is 30.4 Å². The quantitative estimate of drug-likeness (QED) is 0.756. The number of anilines is 2. The third kappa shape index (κ3) is 3.56. The molecule has 132 valence electrons. The second-order valence-electron chi connectivity index (χ2n) is 6.31. The molecule has 0 aliphatic carbocycles. The second-order valence-corrected chi connectivity index (χ2v) is 6.31. The molecule has 2 aromatic heterocycles. The van der Waals surface area contributed by atoms with Crippen LogP contribution in [0.2, 0.25) is 0 Å². The number of benzene rings is 1. The number of rotatable bonds is 4. The largest absolute Gasteiger partial charge is 0.357 e. The number of carbonyl (C=O) groups excluding carboxylic acids is 1. The summed E-state index contributed by atoms with van der Waals surface area (Å²) in [5, 5.41) is 9.79. The van der Waals surface area contributed by atoms with Gasteiger partial charge in [0.2, 0.25) is 0 Å². The average molecular weight is 348 g/mol. The molecule has 1 aliphatic rings. The molecular weight excluding hydrogens is 328 g/mol. The Morgan fingerprint density at radius 2 is 1.96 bits per heavy atom. The van der Waals surface area contributed by atoms with E-state index in [9.17, 15) is 4.79 Å². The predicted octanol–water partition coefficient (Wildman–Crippen LogP) is 3.11. The molecule has 1 aliphatic heterocycles. The van der Waals surface area contributed by atoms with Gasteiger partial charge >= 0.3 is 0 Å². The highest BCUT2D eigenvalue weighted by molar-refractivity contribution is 6.03. The predicted molar refractivity (Wildman–Crippen MR) is 100 cm³/mol. The lowest BCUT2D eigenvalue weighted by atomic mass is 10.1. The van der Waals surface area contributed by atoms with Gasteiger partial charge in [0.15, 0.2) is 0 Å². The zero-order chi connectivity index (χ0) is 17.8. The summed E-state index contributed by atoms with van der Waals surface area (Å²) in [6.45, 7) is 1.95. The minimum atomic E-state index is -0.243. The van der Waals surface area contributed by atoms with E-state index in [0.717, 1.165) is 43.0 Å². The lowest BCUT2D eigenvalue weighted by Crippen LogP contribution is -2.30. The van der Waals surface area contributed by atoms with Crippen molar-refractivity contribution in [1.29, 1.82) is 0 Å². The molecule has 0 saturated carbocycles. The standard InChI is InChI=1S/C19H20N6O/c26-19(17-12-18(21-13-20-17)25-9-2-1-3-10-25)23-15-6-4-5-14(11-15)16-7-8-22-24-16/h4-8,11-13H,1-3,9-10H2,(H,22,24)(H,23,26). The first-order valence-electron chi connectivity index (χ1n) is 8.78. The van der Waals surface area contributed by atoms with Crippen molar-refractivity contribution in [1.82, 2.24) is 20.2 Å². The van der Waals surface area contributed by atoms with Crippen LogP contribution < -0.4 is 10.2 Å². The molecule has 1 fully saturated rings. The van der Waals surface area contributed by atoms with E-state index in [1.54, 1.807) is 12.3 Å². The molecule has 0 spiro atoms. The lowest BCUT2D eigenvalue weighted by molar-refractivity contribution is 0.102. The summed E-state index contributed by atoms with van der Waals surface area (Å²) < 4.78 is 0. The molecular formula is C19H20N6O. The first kappa shape index (κ1) is 16.3. The number of aromatic amines is 1. The number of nitrogens with zero attached hydrogens (tertiary/aromatic N) is 4. The highest BCUT2D eigenvalue weighted by Crippen LogP contribution is 2.21. The van der Waals surface area contributed by atoms with Gasteiger partial charge in [-0.3, -0.25) is 9.89 Å². The van der Waals surface area contributed by atoms with E-state index in [1.165, 1.54) is 12.7 Å². The number of H-pyrrole nitrogens is 1. The van der Waals surface area contributed by atoms with Crippen LogP contribution in [0, 0.1) is 0 Å². The van der Waals surface area contributed by atoms with Crippen molar-refractivity contribution in [3.05, 3.63) is 54.6 Å². The SMILES string of the molecule is O=C(Nc1cccc(-c2ccn[nH]2)c1)c1cc(N2CCCCC2)ncn1. The van der Waals surface area contributed by atoms with Gasteiger partial charge in [-0.1, -0.05) is 12.1 Å². The number of hydrogen-bond donors (Lipinski definition) is 2. The molecule has 4 rings (SSSR count). The molecule has 0 bridgehead atoms. The number of amides is 1. The number of nitrogens with one attached hydrogen (secondary N) is 2. The third-order valence-electron chi connectivity index (χ3n) is 4.50. The monoisotopic (exact) mass is 348 g/mol. The second kappa shape index (κ2) is 7.35. The van der Waals surface area contributed by atoms with E-state index in [0.29, 0.717) is 11.4 Å². The molecule has 3 aromatic rings. The summed E-state index contributed by atoms with van der Waals surface area (Å²) in [4.78, 5) is 23.3. The van der Waals surface area contributed by atoms with Gasteiger partial charge in [0.05, 0.1) is 5.69 Å². The fourth-order valence-electron chi connectivity index (χ4n) is 3.14. The molecule has 7 nitrogen and oxygen atoms in total. The van der Waals surface area contributed by atoms with Crippen LogP contribution in [0.15, 0.2) is 48.9 Å². The average Bonchev–Trinajstić information content (AvgIpc) is 3.24. The van der Waals surface area contributed by atoms with E-state index in [-0.39, 0.29) is 5.91 Å². The van der Waals surface area contributed by atoms with Gasteiger partial charge in [0, 0.05) is 36.6 Å². The van der Waals surface area contributed by atoms with Gasteiger partial charge in [-0.25, -0.2) is 9.97 Å². The Bertz CT molecular complexity index is 887. The Morgan fingerprint density at radius 1 is 1.08 bits per heavy atom. The fourth-order valence-corrected chi connectivity index (χ4v) is 3.14. The van der Waals surface area contributed by atoms with Crippen molar-refractivity contribution in [2.24, 2.45) is 0 Å². The summed E-state index contributed by atoms with van der Waals surface area (Å²) in [5.41, 5.74) is 2.93. The Hall–Kier alpha value is -3.22. The number of aromatic nitrogens is 4. The minimum absolute atomic E-state index is 0.243. The highest BCUT2D eigenvalue weighted by Gasteiger charge is 2.15. The lowest BCUT2D eigenvalue weighted by Gasteiger charge is -2.27. The van der Waals surface area contributed by atoms with Gasteiger partial charge in [0.1, 0.15) is 17.8 Å². The van der Waals surface area contributed by atoms with Gasteiger partial charge < -0.3 is 10.2 Å². The molecule has 2 N–H and O–H groups in total. The maximum absolute atomic E-state index is 12.6. The van der Waals surface area contributed by atoms with Crippen LogP contribution in [0.3, 0.4) is 0 Å². The first-order valence-corrected chi connectivity index (χ1v) is 8.78. The topological polar surface area (TPSA) is 86.8 Å². The van der Waals surface area contributed by atoms with Crippen LogP contribution in [-0.2, 0) is 0 Å². The van der Waals surface area contributed by atoms with Gasteiger partial charge in [-0.15, -0.1) is 0 Å². The number of hydrogen-bond acceptors (Lipinski definition) is 5. The van der Waals surface area contributed by atoms with E-state index >= 15 is 0 Å². The van der Waals surface area contributed by atoms with Crippen molar-refractivity contribution in [3.63, 3.8) is 0 Å². The highest BCUT2D eigenvalue weighted by atomic mass is 16.1. The molecule has 1 amide bonds. The normalized spacial score (nSPS) is 14.2. The Balaban J connectivity index is 1.51. The van der Waals surface area contributed by atoms with Gasteiger partial charge in [0.25, 0.3) is 5.91 Å². The van der Waals surface area contributed by atoms with Crippen LogP contribution >= 0.6 is 0 Å². The van der Waals surface area contributed by atoms with Crippen LogP contribution in [0.25, 0.3) is 11.3 Å². The molecule has 0 unspecified atom stereocenters. The molecule has 0 radical (unpaired) electrons. The van der Waals surface area contributed by atoms with Crippen LogP contribution in [0.5, 0.6) is 0 Å². The summed E-state index contributed by atoms with van der Waals surface area (Å²) in [7, 11) is 0. The first-order chi connectivity index (χ1) is 12.8. The third-order valence-corrected chi connectivity index (χ3v) is 4.50. The zero-order valence-corrected chi connectivity index (χ0v) is 14.4. The van der Waals surface area contributed by atoms with Crippen LogP contribution in [0.4, 0.5) is 11.5 Å². The molecule has 0 atom stereocenters. The van der Waals surface area contributed by atoms with E-state index < -0.39 is 0 Å². The van der Waals surface area contributed by atoms with Crippen LogP contribution in [0.1, 0.15) is 29.8 Å². The summed E-state index contributed by atoms with van der Waals surface area (Å²) in [6, 6.07) is 11.3. The molecule has 3 heterocycles. The van der Waals surface area contributed by atoms with Crippen molar-refractivity contribution in [3.8, 4) is 11.3 Å². The van der Waals surface area contributed by atoms with Crippen LogP contribution in [-0.4, -0.2) is 39.2 Å². The Kier molecular flexibility index (Phi) is 4.59. The Labute approximate surface area is 151 Å². The van der Waals surface area contributed by atoms with Crippen molar-refractivity contribution in [2.45, 2.75) is 19.3 Å². The molecule has 26 heavy (non-hydrogen) atoms. The zero-order valence-electron chi connectivity index (χ0n) is 14.4. The van der Waals surface area contributed by atoms with E-state index in [1.807, 2.05) is 30.3 Å². The number of carbonyl (C=O) groups is 1. The molecule has 1 aromatic carbocycles. The summed E-state index contributed by atoms with van der Waals surface area (Å²) in [6.07, 6.45) is 6.73. The minimum Gasteiger partial charge on any atom is -0.357 e. The number of piperidine rings is 1. The van der Waals surface area contributed by atoms with E-state index in [4.69, 9.17) is 0 Å². The van der Waals surface area contributed by atoms with Crippen molar-refractivity contribution in [2.75, 3.05) is 23.3 Å². The van der Waals surface area contributed by atoms with Gasteiger partial charge in [-0.05, 0) is 37.5 Å². The fraction of sp³-hybridized carbons (Fsp3) is 0.263. The smallest absolute Gasteiger partial charge is 0.274 e. The van der Waals surface area contributed by atoms with Crippen molar-refractivity contribution >= 4 is 17.4 Å². The molecule has 1 saturated heterocycles.